The molecule has 1 atom stereocenters. The van der Waals surface area contributed by atoms with E-state index in [4.69, 9.17) is 0 Å². The Morgan fingerprint density at radius 3 is 2.59 bits per heavy atom. The molecule has 0 radical (unpaired) electrons. The zero-order valence-electron chi connectivity index (χ0n) is 14.2. The molecule has 0 saturated carbocycles. The number of rotatable bonds is 5. The quantitative estimate of drug-likeness (QED) is 0.419. The third kappa shape index (κ3) is 7.36. The number of aromatic nitrogens is 1. The van der Waals surface area contributed by atoms with Gasteiger partial charge in [0, 0.05) is 47.3 Å². The molecular formula is C14H27IN4OS2. The first-order valence-electron chi connectivity index (χ1n) is 6.95. The zero-order valence-corrected chi connectivity index (χ0v) is 18.1. The largest absolute Gasteiger partial charge is 0.355 e. The zero-order chi connectivity index (χ0) is 16.0. The number of thiazole rings is 1. The second-order valence-corrected chi connectivity index (χ2v) is 9.24. The Kier molecular flexibility index (Phi) is 9.72. The van der Waals surface area contributed by atoms with Crippen molar-refractivity contribution in [1.82, 2.24) is 15.2 Å². The number of nitrogens with one attached hydrogen (secondary N) is 1. The van der Waals surface area contributed by atoms with Crippen molar-refractivity contribution in [3.63, 3.8) is 0 Å². The van der Waals surface area contributed by atoms with Crippen molar-refractivity contribution < 1.29 is 4.21 Å². The summed E-state index contributed by atoms with van der Waals surface area (Å²) in [5.41, 5.74) is 1.04. The monoisotopic (exact) mass is 458 g/mol. The van der Waals surface area contributed by atoms with Crippen LogP contribution in [0.2, 0.25) is 0 Å². The van der Waals surface area contributed by atoms with Crippen molar-refractivity contribution >= 4 is 52.1 Å². The lowest BCUT2D eigenvalue weighted by molar-refractivity contribution is 0.473. The Bertz CT molecular complexity index is 511. The van der Waals surface area contributed by atoms with E-state index in [0.717, 1.165) is 16.7 Å². The van der Waals surface area contributed by atoms with Crippen LogP contribution in [0.3, 0.4) is 0 Å². The molecule has 0 amide bonds. The van der Waals surface area contributed by atoms with E-state index in [0.29, 0.717) is 18.8 Å². The van der Waals surface area contributed by atoms with Gasteiger partial charge < -0.3 is 10.2 Å². The third-order valence-electron chi connectivity index (χ3n) is 2.89. The second kappa shape index (κ2) is 9.82. The van der Waals surface area contributed by atoms with Gasteiger partial charge in [-0.2, -0.15) is 0 Å². The Balaban J connectivity index is 0.00000441. The minimum absolute atomic E-state index is 0. The molecule has 0 aromatic carbocycles. The van der Waals surface area contributed by atoms with E-state index in [2.05, 4.69) is 20.7 Å². The van der Waals surface area contributed by atoms with Crippen molar-refractivity contribution in [3.8, 4) is 0 Å². The van der Waals surface area contributed by atoms with Gasteiger partial charge in [-0.05, 0) is 27.7 Å². The average molecular weight is 458 g/mol. The van der Waals surface area contributed by atoms with Crippen molar-refractivity contribution in [2.24, 2.45) is 4.99 Å². The van der Waals surface area contributed by atoms with Gasteiger partial charge in [0.15, 0.2) is 5.96 Å². The predicted octanol–water partition coefficient (Wildman–Crippen LogP) is 2.62. The first kappa shape index (κ1) is 21.8. The molecule has 22 heavy (non-hydrogen) atoms. The molecule has 0 aliphatic heterocycles. The Morgan fingerprint density at radius 1 is 1.50 bits per heavy atom. The fraction of sp³-hybridized carbons (Fsp3) is 0.714. The summed E-state index contributed by atoms with van der Waals surface area (Å²) in [4.78, 5) is 10.7. The van der Waals surface area contributed by atoms with Crippen LogP contribution in [0.15, 0.2) is 10.4 Å². The SMILES string of the molecule is CN=C(NCCS(=O)C(C)(C)C)N(C)Cc1csc(C)n1.I. The average Bonchev–Trinajstić information content (AvgIpc) is 2.78. The molecule has 0 bridgehead atoms. The van der Waals surface area contributed by atoms with Gasteiger partial charge in [0.1, 0.15) is 0 Å². The highest BCUT2D eigenvalue weighted by molar-refractivity contribution is 14.0. The van der Waals surface area contributed by atoms with Crippen LogP contribution in [0.1, 0.15) is 31.5 Å². The Morgan fingerprint density at radius 2 is 2.14 bits per heavy atom. The standard InChI is InChI=1S/C14H26N4OS2.HI/c1-11-17-12(10-20-11)9-18(6)13(15-5)16-7-8-21(19)14(2,3)4;/h10H,7-9H2,1-6H3,(H,15,16);1H. The molecule has 0 aliphatic carbocycles. The number of aryl methyl sites for hydroxylation is 1. The van der Waals surface area contributed by atoms with Gasteiger partial charge in [-0.25, -0.2) is 4.98 Å². The van der Waals surface area contributed by atoms with Gasteiger partial charge in [0.2, 0.25) is 0 Å². The van der Waals surface area contributed by atoms with Crippen LogP contribution < -0.4 is 5.32 Å². The fourth-order valence-electron chi connectivity index (χ4n) is 1.75. The number of halogens is 1. The van der Waals surface area contributed by atoms with Gasteiger partial charge in [-0.15, -0.1) is 35.3 Å². The molecule has 0 saturated heterocycles. The molecule has 128 valence electrons. The summed E-state index contributed by atoms with van der Waals surface area (Å²) in [6.45, 7) is 9.35. The maximum atomic E-state index is 12.0. The normalized spacial score (nSPS) is 13.5. The summed E-state index contributed by atoms with van der Waals surface area (Å²) in [6.07, 6.45) is 0. The molecule has 0 fully saturated rings. The summed E-state index contributed by atoms with van der Waals surface area (Å²) in [7, 11) is 2.88. The van der Waals surface area contributed by atoms with Crippen LogP contribution >= 0.6 is 35.3 Å². The molecule has 1 heterocycles. The maximum Gasteiger partial charge on any atom is 0.193 e. The number of hydrogen-bond donors (Lipinski definition) is 1. The van der Waals surface area contributed by atoms with E-state index in [1.807, 2.05) is 39.6 Å². The Labute approximate surface area is 157 Å². The van der Waals surface area contributed by atoms with E-state index < -0.39 is 10.8 Å². The summed E-state index contributed by atoms with van der Waals surface area (Å²) < 4.78 is 11.8. The second-order valence-electron chi connectivity index (χ2n) is 5.85. The summed E-state index contributed by atoms with van der Waals surface area (Å²) >= 11 is 1.65. The van der Waals surface area contributed by atoms with Crippen LogP contribution in [-0.4, -0.2) is 51.2 Å². The highest BCUT2D eigenvalue weighted by atomic mass is 127. The predicted molar refractivity (Wildman–Crippen MR) is 108 cm³/mol. The van der Waals surface area contributed by atoms with Crippen LogP contribution in [-0.2, 0) is 17.3 Å². The van der Waals surface area contributed by atoms with E-state index in [1.165, 1.54) is 0 Å². The van der Waals surface area contributed by atoms with Crippen LogP contribution in [0, 0.1) is 6.92 Å². The summed E-state index contributed by atoms with van der Waals surface area (Å²) in [5, 5.41) is 6.39. The van der Waals surface area contributed by atoms with Gasteiger partial charge in [0.05, 0.1) is 17.2 Å². The topological polar surface area (TPSA) is 57.6 Å². The van der Waals surface area contributed by atoms with E-state index >= 15 is 0 Å². The number of guanidine groups is 1. The van der Waals surface area contributed by atoms with Crippen molar-refractivity contribution in [3.05, 3.63) is 16.1 Å². The number of aliphatic imine (C=N–C) groups is 1. The lowest BCUT2D eigenvalue weighted by Crippen LogP contribution is -2.41. The minimum Gasteiger partial charge on any atom is -0.355 e. The van der Waals surface area contributed by atoms with Crippen molar-refractivity contribution in [1.29, 1.82) is 0 Å². The molecule has 0 aliphatic rings. The first-order valence-corrected chi connectivity index (χ1v) is 9.15. The van der Waals surface area contributed by atoms with Crippen LogP contribution in [0.5, 0.6) is 0 Å². The molecule has 1 aromatic rings. The molecular weight excluding hydrogens is 431 g/mol. The van der Waals surface area contributed by atoms with E-state index in [1.54, 1.807) is 18.4 Å². The van der Waals surface area contributed by atoms with Crippen molar-refractivity contribution in [2.45, 2.75) is 39.0 Å². The molecule has 0 spiro atoms. The van der Waals surface area contributed by atoms with Crippen LogP contribution in [0.25, 0.3) is 0 Å². The highest BCUT2D eigenvalue weighted by Gasteiger charge is 2.19. The van der Waals surface area contributed by atoms with Crippen molar-refractivity contribution in [2.75, 3.05) is 26.4 Å². The fourth-order valence-corrected chi connectivity index (χ4v) is 3.25. The third-order valence-corrected chi connectivity index (χ3v) is 5.66. The molecule has 1 aromatic heterocycles. The van der Waals surface area contributed by atoms with E-state index in [-0.39, 0.29) is 28.7 Å². The van der Waals surface area contributed by atoms with Gasteiger partial charge >= 0.3 is 0 Å². The first-order chi connectivity index (χ1) is 9.74. The maximum absolute atomic E-state index is 12.0. The lowest BCUT2D eigenvalue weighted by atomic mass is 10.3. The molecule has 8 heteroatoms. The molecule has 5 nitrogen and oxygen atoms in total. The smallest absolute Gasteiger partial charge is 0.193 e. The van der Waals surface area contributed by atoms with Gasteiger partial charge in [-0.1, -0.05) is 0 Å². The summed E-state index contributed by atoms with van der Waals surface area (Å²) in [6, 6.07) is 0. The van der Waals surface area contributed by atoms with Crippen LogP contribution in [0.4, 0.5) is 0 Å². The summed E-state index contributed by atoms with van der Waals surface area (Å²) in [5.74, 6) is 1.41. The minimum atomic E-state index is -0.850. The highest BCUT2D eigenvalue weighted by Crippen LogP contribution is 2.11. The lowest BCUT2D eigenvalue weighted by Gasteiger charge is -2.22. The number of hydrogen-bond acceptors (Lipinski definition) is 4. The Hall–Kier alpha value is -0.220. The molecule has 1 N–H and O–H groups in total. The van der Waals surface area contributed by atoms with E-state index in [9.17, 15) is 4.21 Å². The van der Waals surface area contributed by atoms with Gasteiger partial charge in [-0.3, -0.25) is 9.20 Å². The number of nitrogens with zero attached hydrogens (tertiary/aromatic N) is 3. The molecule has 1 rings (SSSR count). The molecule has 1 unspecified atom stereocenters. The van der Waals surface area contributed by atoms with Gasteiger partial charge in [0.25, 0.3) is 0 Å².